The number of pyridine rings is 1. The summed E-state index contributed by atoms with van der Waals surface area (Å²) in [6.45, 7) is 8.22. The molecule has 19 heavy (non-hydrogen) atoms. The number of rotatable bonds is 6. The average Bonchev–Trinajstić information content (AvgIpc) is 2.47. The minimum atomic E-state index is 0.752. The summed E-state index contributed by atoms with van der Waals surface area (Å²) in [7, 11) is 0. The third-order valence-electron chi connectivity index (χ3n) is 3.29. The normalized spacial score (nSPS) is 16.6. The smallest absolute Gasteiger partial charge is 0.171 e. The van der Waals surface area contributed by atoms with Crippen LogP contribution in [0.25, 0.3) is 0 Å². The minimum Gasteiger partial charge on any atom is -0.490 e. The molecule has 2 rings (SSSR count). The quantitative estimate of drug-likeness (QED) is 0.750. The molecule has 1 aliphatic rings. The molecule has 4 nitrogen and oxygen atoms in total. The average molecular weight is 328 g/mol. The summed E-state index contributed by atoms with van der Waals surface area (Å²) in [6, 6.07) is 3.96. The van der Waals surface area contributed by atoms with Gasteiger partial charge >= 0.3 is 0 Å². The Labute approximate surface area is 123 Å². The third kappa shape index (κ3) is 4.08. The lowest BCUT2D eigenvalue weighted by atomic mass is 10.3. The Hall–Kier alpha value is -0.810. The summed E-state index contributed by atoms with van der Waals surface area (Å²) < 4.78 is 5.79. The van der Waals surface area contributed by atoms with E-state index in [-0.39, 0.29) is 0 Å². The van der Waals surface area contributed by atoms with Gasteiger partial charge in [0.1, 0.15) is 0 Å². The van der Waals surface area contributed by atoms with Crippen molar-refractivity contribution in [2.24, 2.45) is 0 Å². The standard InChI is InChI=1S/C14H22BrN3O/c1-2-12-19-13-4-3-6-16-14(13)18-10-8-17(7-5-15)9-11-18/h3-4,6H,2,5,7-12H2,1H3. The van der Waals surface area contributed by atoms with E-state index in [9.17, 15) is 0 Å². The van der Waals surface area contributed by atoms with Gasteiger partial charge in [0, 0.05) is 44.3 Å². The number of ether oxygens (including phenoxy) is 1. The molecule has 1 fully saturated rings. The minimum absolute atomic E-state index is 0.752. The van der Waals surface area contributed by atoms with Crippen molar-refractivity contribution in [2.75, 3.05) is 49.6 Å². The molecule has 0 N–H and O–H groups in total. The fourth-order valence-corrected chi connectivity index (χ4v) is 2.75. The van der Waals surface area contributed by atoms with E-state index < -0.39 is 0 Å². The van der Waals surface area contributed by atoms with Gasteiger partial charge in [-0.2, -0.15) is 0 Å². The summed E-state index contributed by atoms with van der Waals surface area (Å²) in [5.74, 6) is 1.91. The monoisotopic (exact) mass is 327 g/mol. The third-order valence-corrected chi connectivity index (χ3v) is 3.64. The van der Waals surface area contributed by atoms with E-state index in [1.807, 2.05) is 18.3 Å². The zero-order chi connectivity index (χ0) is 13.5. The lowest BCUT2D eigenvalue weighted by Crippen LogP contribution is -2.47. The predicted octanol–water partition coefficient (Wildman–Crippen LogP) is 2.39. The number of alkyl halides is 1. The second kappa shape index (κ2) is 7.70. The largest absolute Gasteiger partial charge is 0.490 e. The Balaban J connectivity index is 1.98. The maximum Gasteiger partial charge on any atom is 0.171 e. The zero-order valence-corrected chi connectivity index (χ0v) is 13.1. The highest BCUT2D eigenvalue weighted by atomic mass is 79.9. The summed E-state index contributed by atoms with van der Waals surface area (Å²) in [5.41, 5.74) is 0. The maximum absolute atomic E-state index is 5.79. The Morgan fingerprint density at radius 3 is 2.79 bits per heavy atom. The molecule has 0 atom stereocenters. The number of piperazine rings is 1. The van der Waals surface area contributed by atoms with Crippen LogP contribution < -0.4 is 9.64 Å². The van der Waals surface area contributed by atoms with E-state index in [4.69, 9.17) is 4.74 Å². The first kappa shape index (κ1) is 14.6. The van der Waals surface area contributed by atoms with Crippen molar-refractivity contribution < 1.29 is 4.74 Å². The van der Waals surface area contributed by atoms with Gasteiger partial charge in [0.2, 0.25) is 0 Å². The second-order valence-electron chi connectivity index (χ2n) is 4.69. The molecule has 5 heteroatoms. The van der Waals surface area contributed by atoms with Crippen molar-refractivity contribution in [3.05, 3.63) is 18.3 Å². The lowest BCUT2D eigenvalue weighted by Gasteiger charge is -2.35. The predicted molar refractivity (Wildman–Crippen MR) is 82.5 cm³/mol. The van der Waals surface area contributed by atoms with E-state index in [0.717, 1.165) is 62.6 Å². The molecule has 1 aromatic rings. The lowest BCUT2D eigenvalue weighted by molar-refractivity contribution is 0.270. The van der Waals surface area contributed by atoms with Gasteiger partial charge in [-0.15, -0.1) is 0 Å². The molecule has 0 spiro atoms. The molecular formula is C14H22BrN3O. The van der Waals surface area contributed by atoms with E-state index in [2.05, 4.69) is 37.6 Å². The molecule has 106 valence electrons. The van der Waals surface area contributed by atoms with Gasteiger partial charge in [0.15, 0.2) is 11.6 Å². The van der Waals surface area contributed by atoms with Crippen LogP contribution in [-0.2, 0) is 0 Å². The van der Waals surface area contributed by atoms with Crippen LogP contribution in [0.3, 0.4) is 0 Å². The van der Waals surface area contributed by atoms with E-state index in [0.29, 0.717) is 0 Å². The molecular weight excluding hydrogens is 306 g/mol. The number of hydrogen-bond donors (Lipinski definition) is 0. The highest BCUT2D eigenvalue weighted by Crippen LogP contribution is 2.26. The Morgan fingerprint density at radius 1 is 1.32 bits per heavy atom. The highest BCUT2D eigenvalue weighted by Gasteiger charge is 2.20. The first-order valence-corrected chi connectivity index (χ1v) is 8.08. The van der Waals surface area contributed by atoms with Gasteiger partial charge in [0.25, 0.3) is 0 Å². The molecule has 0 aliphatic carbocycles. The summed E-state index contributed by atoms with van der Waals surface area (Å²) in [6.07, 6.45) is 2.87. The van der Waals surface area contributed by atoms with Crippen molar-refractivity contribution >= 4 is 21.7 Å². The number of aromatic nitrogens is 1. The molecule has 0 aromatic carbocycles. The van der Waals surface area contributed by atoms with Gasteiger partial charge in [-0.05, 0) is 18.6 Å². The van der Waals surface area contributed by atoms with E-state index in [1.54, 1.807) is 0 Å². The van der Waals surface area contributed by atoms with Gasteiger partial charge in [0.05, 0.1) is 6.61 Å². The molecule has 0 bridgehead atoms. The fraction of sp³-hybridized carbons (Fsp3) is 0.643. The van der Waals surface area contributed by atoms with Crippen LogP contribution in [0.4, 0.5) is 5.82 Å². The van der Waals surface area contributed by atoms with Crippen molar-refractivity contribution in [3.8, 4) is 5.75 Å². The van der Waals surface area contributed by atoms with E-state index >= 15 is 0 Å². The van der Waals surface area contributed by atoms with Crippen molar-refractivity contribution in [1.82, 2.24) is 9.88 Å². The molecule has 1 saturated heterocycles. The maximum atomic E-state index is 5.79. The Bertz CT molecular complexity index is 381. The Morgan fingerprint density at radius 2 is 2.11 bits per heavy atom. The molecule has 0 unspecified atom stereocenters. The summed E-state index contributed by atoms with van der Waals surface area (Å²) in [4.78, 5) is 9.30. The first-order chi connectivity index (χ1) is 9.35. The van der Waals surface area contributed by atoms with Crippen LogP contribution in [-0.4, -0.2) is 54.5 Å². The Kier molecular flexibility index (Phi) is 5.92. The van der Waals surface area contributed by atoms with Gasteiger partial charge in [-0.25, -0.2) is 4.98 Å². The first-order valence-electron chi connectivity index (χ1n) is 6.96. The molecule has 0 saturated carbocycles. The summed E-state index contributed by atoms with van der Waals surface area (Å²) in [5, 5.41) is 1.04. The van der Waals surface area contributed by atoms with Gasteiger partial charge in [-0.1, -0.05) is 22.9 Å². The number of anilines is 1. The number of nitrogens with zero attached hydrogens (tertiary/aromatic N) is 3. The molecule has 1 aliphatic heterocycles. The van der Waals surface area contributed by atoms with Crippen LogP contribution in [0, 0.1) is 0 Å². The van der Waals surface area contributed by atoms with Gasteiger partial charge < -0.3 is 9.64 Å². The van der Waals surface area contributed by atoms with Crippen LogP contribution in [0.15, 0.2) is 18.3 Å². The van der Waals surface area contributed by atoms with Crippen molar-refractivity contribution in [1.29, 1.82) is 0 Å². The van der Waals surface area contributed by atoms with Crippen LogP contribution in [0.1, 0.15) is 13.3 Å². The summed E-state index contributed by atoms with van der Waals surface area (Å²) >= 11 is 3.50. The van der Waals surface area contributed by atoms with Crippen LogP contribution >= 0.6 is 15.9 Å². The van der Waals surface area contributed by atoms with Gasteiger partial charge in [-0.3, -0.25) is 4.90 Å². The van der Waals surface area contributed by atoms with E-state index in [1.165, 1.54) is 0 Å². The van der Waals surface area contributed by atoms with Crippen molar-refractivity contribution in [3.63, 3.8) is 0 Å². The fourth-order valence-electron chi connectivity index (χ4n) is 2.25. The van der Waals surface area contributed by atoms with Crippen molar-refractivity contribution in [2.45, 2.75) is 13.3 Å². The van der Waals surface area contributed by atoms with Crippen LogP contribution in [0.5, 0.6) is 5.75 Å². The zero-order valence-electron chi connectivity index (χ0n) is 11.5. The molecule has 0 amide bonds. The number of hydrogen-bond acceptors (Lipinski definition) is 4. The second-order valence-corrected chi connectivity index (χ2v) is 5.48. The highest BCUT2D eigenvalue weighted by molar-refractivity contribution is 9.09. The van der Waals surface area contributed by atoms with Crippen LogP contribution in [0.2, 0.25) is 0 Å². The molecule has 2 heterocycles. The SMILES string of the molecule is CCCOc1cccnc1N1CCN(CCBr)CC1. The number of halogens is 1. The molecule has 0 radical (unpaired) electrons. The molecule has 1 aromatic heterocycles. The topological polar surface area (TPSA) is 28.6 Å².